The van der Waals surface area contributed by atoms with E-state index in [4.69, 9.17) is 5.11 Å². The molecule has 0 amide bonds. The fourth-order valence-corrected chi connectivity index (χ4v) is 3.40. The Morgan fingerprint density at radius 2 is 2.00 bits per heavy atom. The Hall–Kier alpha value is -1.77. The summed E-state index contributed by atoms with van der Waals surface area (Å²) in [5, 5.41) is 8.96. The largest absolute Gasteiger partial charge is 0.478 e. The third kappa shape index (κ3) is 2.14. The van der Waals surface area contributed by atoms with E-state index < -0.39 is 5.97 Å². The first kappa shape index (κ1) is 12.3. The summed E-state index contributed by atoms with van der Waals surface area (Å²) < 4.78 is 0. The van der Waals surface area contributed by atoms with Crippen molar-refractivity contribution in [3.63, 3.8) is 0 Å². The van der Waals surface area contributed by atoms with Crippen molar-refractivity contribution in [1.29, 1.82) is 0 Å². The van der Waals surface area contributed by atoms with Crippen molar-refractivity contribution in [3.05, 3.63) is 41.5 Å². The molecule has 3 heteroatoms. The van der Waals surface area contributed by atoms with E-state index in [0.29, 0.717) is 17.6 Å². The molecule has 2 aliphatic rings. The fourth-order valence-electron chi connectivity index (χ4n) is 3.40. The minimum atomic E-state index is -0.863. The number of anilines is 1. The fraction of sp³-hybridized carbons (Fsp3) is 0.438. The van der Waals surface area contributed by atoms with Crippen molar-refractivity contribution in [2.45, 2.75) is 44.7 Å². The molecule has 0 bridgehead atoms. The molecule has 2 unspecified atom stereocenters. The zero-order valence-corrected chi connectivity index (χ0v) is 11.2. The molecule has 0 spiro atoms. The maximum atomic E-state index is 10.9. The quantitative estimate of drug-likeness (QED) is 0.825. The van der Waals surface area contributed by atoms with Gasteiger partial charge in [-0.2, -0.15) is 0 Å². The standard InChI is InChI=1S/C16H19NO2/c1-11-10-13-4-2-3-5-15(13)17(11)14-8-6-12(7-9-14)16(18)19/h6-11,15H,2-5H2,1H3,(H,18,19). The van der Waals surface area contributed by atoms with Gasteiger partial charge in [0.25, 0.3) is 0 Å². The van der Waals surface area contributed by atoms with Crippen LogP contribution in [0.2, 0.25) is 0 Å². The molecule has 3 nitrogen and oxygen atoms in total. The summed E-state index contributed by atoms with van der Waals surface area (Å²) in [4.78, 5) is 13.3. The molecule has 1 fully saturated rings. The van der Waals surface area contributed by atoms with Crippen molar-refractivity contribution in [3.8, 4) is 0 Å². The molecule has 0 aromatic heterocycles. The van der Waals surface area contributed by atoms with Crippen LogP contribution in [-0.2, 0) is 0 Å². The van der Waals surface area contributed by atoms with E-state index in [1.54, 1.807) is 17.7 Å². The van der Waals surface area contributed by atoms with Crippen LogP contribution in [0.4, 0.5) is 5.69 Å². The van der Waals surface area contributed by atoms with Gasteiger partial charge in [0.05, 0.1) is 11.6 Å². The summed E-state index contributed by atoms with van der Waals surface area (Å²) in [6, 6.07) is 8.21. The maximum absolute atomic E-state index is 10.9. The van der Waals surface area contributed by atoms with Gasteiger partial charge >= 0.3 is 5.97 Å². The van der Waals surface area contributed by atoms with Crippen molar-refractivity contribution >= 4 is 11.7 Å². The SMILES string of the molecule is CC1C=C2CCCCC2N1c1ccc(C(=O)O)cc1. The first-order valence-corrected chi connectivity index (χ1v) is 6.99. The van der Waals surface area contributed by atoms with Crippen LogP contribution in [0.25, 0.3) is 0 Å². The highest BCUT2D eigenvalue weighted by molar-refractivity contribution is 5.88. The van der Waals surface area contributed by atoms with Crippen molar-refractivity contribution < 1.29 is 9.90 Å². The number of carboxylic acids is 1. The molecule has 1 aromatic rings. The molecule has 19 heavy (non-hydrogen) atoms. The van der Waals surface area contributed by atoms with Gasteiger partial charge in [-0.15, -0.1) is 0 Å². The molecule has 1 N–H and O–H groups in total. The second-order valence-electron chi connectivity index (χ2n) is 5.50. The van der Waals surface area contributed by atoms with E-state index >= 15 is 0 Å². The van der Waals surface area contributed by atoms with E-state index in [-0.39, 0.29) is 0 Å². The van der Waals surface area contributed by atoms with Gasteiger partial charge in [-0.05, 0) is 56.0 Å². The van der Waals surface area contributed by atoms with Gasteiger partial charge in [0.2, 0.25) is 0 Å². The zero-order chi connectivity index (χ0) is 13.4. The lowest BCUT2D eigenvalue weighted by Gasteiger charge is -2.34. The summed E-state index contributed by atoms with van der Waals surface area (Å²) in [6.07, 6.45) is 7.42. The summed E-state index contributed by atoms with van der Waals surface area (Å²) >= 11 is 0. The number of carbonyl (C=O) groups is 1. The Labute approximate surface area is 113 Å². The number of rotatable bonds is 2. The summed E-state index contributed by atoms with van der Waals surface area (Å²) in [5.41, 5.74) is 3.06. The lowest BCUT2D eigenvalue weighted by atomic mass is 9.91. The van der Waals surface area contributed by atoms with Gasteiger partial charge in [0.15, 0.2) is 0 Å². The first-order chi connectivity index (χ1) is 9.16. The average molecular weight is 257 g/mol. The van der Waals surface area contributed by atoms with Crippen LogP contribution in [0, 0.1) is 0 Å². The third-order valence-electron chi connectivity index (χ3n) is 4.26. The Morgan fingerprint density at radius 3 is 2.68 bits per heavy atom. The third-order valence-corrected chi connectivity index (χ3v) is 4.26. The molecule has 1 saturated carbocycles. The van der Waals surface area contributed by atoms with Crippen LogP contribution in [0.3, 0.4) is 0 Å². The van der Waals surface area contributed by atoms with Gasteiger partial charge < -0.3 is 10.0 Å². The Morgan fingerprint density at radius 1 is 1.26 bits per heavy atom. The summed E-state index contributed by atoms with van der Waals surface area (Å²) in [7, 11) is 0. The highest BCUT2D eigenvalue weighted by atomic mass is 16.4. The second-order valence-corrected chi connectivity index (χ2v) is 5.50. The molecule has 1 aromatic carbocycles. The minimum Gasteiger partial charge on any atom is -0.478 e. The topological polar surface area (TPSA) is 40.5 Å². The Kier molecular flexibility index (Phi) is 3.05. The van der Waals surface area contributed by atoms with E-state index in [0.717, 1.165) is 5.69 Å². The molecular weight excluding hydrogens is 238 g/mol. The first-order valence-electron chi connectivity index (χ1n) is 6.99. The van der Waals surface area contributed by atoms with Crippen molar-refractivity contribution in [2.24, 2.45) is 0 Å². The highest BCUT2D eigenvalue weighted by Crippen LogP contribution is 2.38. The number of carboxylic acid groups (broad SMARTS) is 1. The monoisotopic (exact) mass is 257 g/mol. The van der Waals surface area contributed by atoms with E-state index in [9.17, 15) is 4.79 Å². The number of hydrogen-bond acceptors (Lipinski definition) is 2. The zero-order valence-electron chi connectivity index (χ0n) is 11.2. The summed E-state index contributed by atoms with van der Waals surface area (Å²) in [6.45, 7) is 2.22. The highest BCUT2D eigenvalue weighted by Gasteiger charge is 2.33. The number of fused-ring (bicyclic) bond motifs is 1. The minimum absolute atomic E-state index is 0.354. The average Bonchev–Trinajstić information content (AvgIpc) is 2.74. The van der Waals surface area contributed by atoms with Crippen LogP contribution in [0.15, 0.2) is 35.9 Å². The molecule has 1 aliphatic heterocycles. The van der Waals surface area contributed by atoms with E-state index in [2.05, 4.69) is 17.9 Å². The normalized spacial score (nSPS) is 25.9. The van der Waals surface area contributed by atoms with Gasteiger partial charge in [-0.25, -0.2) is 4.79 Å². The van der Waals surface area contributed by atoms with Gasteiger partial charge in [-0.1, -0.05) is 12.5 Å². The van der Waals surface area contributed by atoms with Crippen LogP contribution in [0.5, 0.6) is 0 Å². The molecule has 2 atom stereocenters. The van der Waals surface area contributed by atoms with Gasteiger partial charge in [-0.3, -0.25) is 0 Å². The second kappa shape index (κ2) is 4.72. The smallest absolute Gasteiger partial charge is 0.335 e. The maximum Gasteiger partial charge on any atom is 0.335 e. The van der Waals surface area contributed by atoms with Crippen LogP contribution < -0.4 is 4.90 Å². The van der Waals surface area contributed by atoms with Gasteiger partial charge in [0.1, 0.15) is 0 Å². The Balaban J connectivity index is 1.87. The van der Waals surface area contributed by atoms with E-state index in [1.165, 1.54) is 25.7 Å². The molecule has 100 valence electrons. The lowest BCUT2D eigenvalue weighted by molar-refractivity contribution is 0.0697. The van der Waals surface area contributed by atoms with Crippen molar-refractivity contribution in [1.82, 2.24) is 0 Å². The predicted molar refractivity (Wildman–Crippen MR) is 75.7 cm³/mol. The summed E-state index contributed by atoms with van der Waals surface area (Å²) in [5.74, 6) is -0.863. The Bertz CT molecular complexity index is 518. The van der Waals surface area contributed by atoms with Crippen molar-refractivity contribution in [2.75, 3.05) is 4.90 Å². The molecule has 1 aliphatic carbocycles. The van der Waals surface area contributed by atoms with Gasteiger partial charge in [0, 0.05) is 11.7 Å². The molecule has 1 heterocycles. The number of nitrogens with zero attached hydrogens (tertiary/aromatic N) is 1. The van der Waals surface area contributed by atoms with Crippen LogP contribution in [0.1, 0.15) is 43.0 Å². The number of hydrogen-bond donors (Lipinski definition) is 1. The lowest BCUT2D eigenvalue weighted by Crippen LogP contribution is -2.37. The van der Waals surface area contributed by atoms with Crippen LogP contribution in [-0.4, -0.2) is 23.2 Å². The molecule has 3 rings (SSSR count). The molecular formula is C16H19NO2. The number of aromatic carboxylic acids is 1. The predicted octanol–water partition coefficient (Wildman–Crippen LogP) is 3.46. The molecule has 0 saturated heterocycles. The number of benzene rings is 1. The van der Waals surface area contributed by atoms with Crippen LogP contribution >= 0.6 is 0 Å². The molecule has 0 radical (unpaired) electrons. The van der Waals surface area contributed by atoms with E-state index in [1.807, 2.05) is 12.1 Å².